The lowest BCUT2D eigenvalue weighted by molar-refractivity contribution is 0.101. The lowest BCUT2D eigenvalue weighted by atomic mass is 10.0. The molecule has 0 bridgehead atoms. The average Bonchev–Trinajstić information content (AvgIpc) is 2.49. The molecule has 6 nitrogen and oxygen atoms in total. The van der Waals surface area contributed by atoms with Gasteiger partial charge in [0.2, 0.25) is 0 Å². The van der Waals surface area contributed by atoms with Crippen molar-refractivity contribution in [2.45, 2.75) is 20.8 Å². The first-order valence-corrected chi connectivity index (χ1v) is 7.26. The van der Waals surface area contributed by atoms with Crippen LogP contribution < -0.4 is 4.74 Å². The molecule has 0 atom stereocenters. The van der Waals surface area contributed by atoms with Crippen molar-refractivity contribution in [2.75, 3.05) is 7.11 Å². The number of carbonyl (C=O) groups is 1. The number of phenolic OH excluding ortho intramolecular Hbond substituents is 4. The minimum absolute atomic E-state index is 0.0443. The number of hydrogen-bond donors (Lipinski definition) is 4. The number of methoxy groups -OCH3 is 1. The highest BCUT2D eigenvalue weighted by Crippen LogP contribution is 2.35. The maximum atomic E-state index is 11.1. The van der Waals surface area contributed by atoms with Crippen LogP contribution in [0, 0.1) is 13.8 Å². The van der Waals surface area contributed by atoms with Gasteiger partial charge in [0.1, 0.15) is 17.2 Å². The summed E-state index contributed by atoms with van der Waals surface area (Å²) in [6.07, 6.45) is 0. The summed E-state index contributed by atoms with van der Waals surface area (Å²) in [5.74, 6) is -0.291. The number of ether oxygens (including phenoxy) is 1. The molecule has 0 spiro atoms. The molecule has 0 radical (unpaired) electrons. The molecule has 0 saturated carbocycles. The largest absolute Gasteiger partial charge is 0.508 e. The summed E-state index contributed by atoms with van der Waals surface area (Å²) in [6.45, 7) is 4.60. The van der Waals surface area contributed by atoms with Crippen LogP contribution in [-0.2, 0) is 0 Å². The Labute approximate surface area is 144 Å². The Morgan fingerprint density at radius 2 is 1.54 bits per heavy atom. The van der Waals surface area contributed by atoms with Crippen molar-refractivity contribution in [1.82, 2.24) is 0 Å². The van der Waals surface area contributed by atoms with E-state index < -0.39 is 0 Å². The van der Waals surface area contributed by atoms with Gasteiger partial charge in [0.05, 0.1) is 17.7 Å². The van der Waals surface area contributed by atoms with Crippen LogP contribution in [0.5, 0.6) is 28.7 Å². The van der Waals surface area contributed by atoms with Crippen molar-refractivity contribution in [3.8, 4) is 28.7 Å². The van der Waals surface area contributed by atoms with Crippen molar-refractivity contribution < 1.29 is 30.0 Å². The van der Waals surface area contributed by atoms with E-state index in [2.05, 4.69) is 0 Å². The highest BCUT2D eigenvalue weighted by molar-refractivity contribution is 6.33. The Kier molecular flexibility index (Phi) is 6.31. The standard InChI is InChI=1S/C9H9ClO3.C8H10O3/c1-4-8(5(2)11)6(12)3-7(13)9(4)10;1-5-3-7(10)8(11-2)4-6(5)9/h3,12-13H,1-2H3;3-4,9-10H,1-2H3. The van der Waals surface area contributed by atoms with Gasteiger partial charge in [0.15, 0.2) is 17.3 Å². The Balaban J connectivity index is 0.000000243. The highest BCUT2D eigenvalue weighted by atomic mass is 35.5. The van der Waals surface area contributed by atoms with E-state index in [0.29, 0.717) is 11.1 Å². The molecule has 0 amide bonds. The lowest BCUT2D eigenvalue weighted by Gasteiger charge is -2.08. The fourth-order valence-electron chi connectivity index (χ4n) is 2.03. The second-order valence-electron chi connectivity index (χ2n) is 5.10. The lowest BCUT2D eigenvalue weighted by Crippen LogP contribution is -1.97. The van der Waals surface area contributed by atoms with Gasteiger partial charge in [-0.3, -0.25) is 4.79 Å². The Bertz CT molecular complexity index is 770. The number of carbonyl (C=O) groups excluding carboxylic acids is 1. The van der Waals surface area contributed by atoms with E-state index in [0.717, 1.165) is 6.07 Å². The molecule has 2 aromatic rings. The number of benzene rings is 2. The molecule has 2 rings (SSSR count). The number of Topliss-reactive ketones (excluding diaryl/α,β-unsaturated/α-hetero) is 1. The predicted molar refractivity (Wildman–Crippen MR) is 90.6 cm³/mol. The summed E-state index contributed by atoms with van der Waals surface area (Å²) in [5, 5.41) is 37.0. The van der Waals surface area contributed by atoms with Crippen molar-refractivity contribution in [1.29, 1.82) is 0 Å². The SMILES string of the molecule is CC(=O)c1c(O)cc(O)c(Cl)c1C.COc1cc(O)c(C)cc1O. The van der Waals surface area contributed by atoms with E-state index in [4.69, 9.17) is 21.4 Å². The van der Waals surface area contributed by atoms with E-state index in [1.807, 2.05) is 0 Å². The van der Waals surface area contributed by atoms with E-state index in [9.17, 15) is 20.1 Å². The summed E-state index contributed by atoms with van der Waals surface area (Å²) < 4.78 is 4.77. The van der Waals surface area contributed by atoms with Gasteiger partial charge >= 0.3 is 0 Å². The van der Waals surface area contributed by atoms with Gasteiger partial charge < -0.3 is 25.2 Å². The summed E-state index contributed by atoms with van der Waals surface area (Å²) in [7, 11) is 1.43. The van der Waals surface area contributed by atoms with Crippen molar-refractivity contribution in [3.63, 3.8) is 0 Å². The van der Waals surface area contributed by atoms with Gasteiger partial charge in [-0.25, -0.2) is 0 Å². The third-order valence-corrected chi connectivity index (χ3v) is 3.79. The fraction of sp³-hybridized carbons (Fsp3) is 0.235. The van der Waals surface area contributed by atoms with Crippen LogP contribution in [0.3, 0.4) is 0 Å². The van der Waals surface area contributed by atoms with E-state index in [-0.39, 0.29) is 45.1 Å². The summed E-state index contributed by atoms with van der Waals surface area (Å²) >= 11 is 5.69. The first kappa shape index (κ1) is 19.4. The molecule has 4 N–H and O–H groups in total. The fourth-order valence-corrected chi connectivity index (χ4v) is 2.18. The number of hydrogen-bond acceptors (Lipinski definition) is 6. The molecule has 0 aliphatic heterocycles. The third kappa shape index (κ3) is 4.23. The summed E-state index contributed by atoms with van der Waals surface area (Å²) in [4.78, 5) is 11.1. The molecule has 0 aliphatic rings. The number of aromatic hydroxyl groups is 4. The molecule has 0 unspecified atom stereocenters. The predicted octanol–water partition coefficient (Wildman–Crippen LogP) is 3.68. The summed E-state index contributed by atoms with van der Waals surface area (Å²) in [5.41, 5.74) is 1.18. The molecule has 2 aromatic carbocycles. The van der Waals surface area contributed by atoms with Crippen LogP contribution in [0.15, 0.2) is 18.2 Å². The molecule has 0 aromatic heterocycles. The van der Waals surface area contributed by atoms with E-state index in [1.54, 1.807) is 13.8 Å². The quantitative estimate of drug-likeness (QED) is 0.484. The van der Waals surface area contributed by atoms with Gasteiger partial charge in [-0.05, 0) is 38.0 Å². The summed E-state index contributed by atoms with van der Waals surface area (Å²) in [6, 6.07) is 3.89. The smallest absolute Gasteiger partial charge is 0.164 e. The van der Waals surface area contributed by atoms with Crippen LogP contribution in [0.2, 0.25) is 5.02 Å². The van der Waals surface area contributed by atoms with Crippen LogP contribution in [-0.4, -0.2) is 33.3 Å². The Hall–Kier alpha value is -2.60. The average molecular weight is 355 g/mol. The van der Waals surface area contributed by atoms with Crippen molar-refractivity contribution in [2.24, 2.45) is 0 Å². The molecular formula is C17H19ClO6. The second-order valence-corrected chi connectivity index (χ2v) is 5.47. The number of aryl methyl sites for hydroxylation is 1. The maximum absolute atomic E-state index is 11.1. The number of halogens is 1. The van der Waals surface area contributed by atoms with Gasteiger partial charge in [-0.1, -0.05) is 11.6 Å². The molecule has 7 heteroatoms. The van der Waals surface area contributed by atoms with Crippen LogP contribution in [0.4, 0.5) is 0 Å². The third-order valence-electron chi connectivity index (χ3n) is 3.31. The zero-order valence-electron chi connectivity index (χ0n) is 13.7. The van der Waals surface area contributed by atoms with Gasteiger partial charge in [0, 0.05) is 12.1 Å². The van der Waals surface area contributed by atoms with Crippen LogP contribution in [0.25, 0.3) is 0 Å². The van der Waals surface area contributed by atoms with Gasteiger partial charge in [0.25, 0.3) is 0 Å². The first-order chi connectivity index (χ1) is 11.1. The number of rotatable bonds is 2. The monoisotopic (exact) mass is 354 g/mol. The second kappa shape index (κ2) is 7.79. The molecule has 130 valence electrons. The molecule has 0 aliphatic carbocycles. The molecular weight excluding hydrogens is 336 g/mol. The van der Waals surface area contributed by atoms with Gasteiger partial charge in [-0.15, -0.1) is 0 Å². The Morgan fingerprint density at radius 3 is 2.04 bits per heavy atom. The minimum atomic E-state index is -0.281. The number of ketones is 1. The van der Waals surface area contributed by atoms with E-state index >= 15 is 0 Å². The van der Waals surface area contributed by atoms with Crippen molar-refractivity contribution in [3.05, 3.63) is 39.9 Å². The van der Waals surface area contributed by atoms with Crippen molar-refractivity contribution >= 4 is 17.4 Å². The minimum Gasteiger partial charge on any atom is -0.508 e. The highest BCUT2D eigenvalue weighted by Gasteiger charge is 2.15. The Morgan fingerprint density at radius 1 is 0.958 bits per heavy atom. The first-order valence-electron chi connectivity index (χ1n) is 6.88. The molecule has 0 fully saturated rings. The maximum Gasteiger partial charge on any atom is 0.164 e. The normalized spacial score (nSPS) is 9.88. The molecule has 24 heavy (non-hydrogen) atoms. The van der Waals surface area contributed by atoms with Crippen LogP contribution in [0.1, 0.15) is 28.4 Å². The number of phenols is 4. The molecule has 0 heterocycles. The van der Waals surface area contributed by atoms with Crippen LogP contribution >= 0.6 is 11.6 Å². The topological polar surface area (TPSA) is 107 Å². The van der Waals surface area contributed by atoms with E-state index in [1.165, 1.54) is 26.2 Å². The van der Waals surface area contributed by atoms with Gasteiger partial charge in [-0.2, -0.15) is 0 Å². The molecule has 0 saturated heterocycles. The zero-order chi connectivity index (χ0) is 18.6. The zero-order valence-corrected chi connectivity index (χ0v) is 14.5.